The van der Waals surface area contributed by atoms with Crippen molar-refractivity contribution in [2.75, 3.05) is 6.54 Å². The number of hydrogen-bond donors (Lipinski definition) is 1. The number of benzene rings is 1. The van der Waals surface area contributed by atoms with Crippen LogP contribution in [0.3, 0.4) is 0 Å². The number of hydrogen-bond acceptors (Lipinski definition) is 8. The second-order valence-electron chi connectivity index (χ2n) is 14.7. The second kappa shape index (κ2) is 17.5. The van der Waals surface area contributed by atoms with Crippen LogP contribution in [-0.2, 0) is 24.0 Å². The number of carbonyl (C=O) groups excluding carboxylic acids is 6. The van der Waals surface area contributed by atoms with Crippen molar-refractivity contribution in [3.8, 4) is 0 Å². The van der Waals surface area contributed by atoms with Gasteiger partial charge in [0.15, 0.2) is 17.3 Å². The molecule has 10 nitrogen and oxygen atoms in total. The zero-order chi connectivity index (χ0) is 36.5. The van der Waals surface area contributed by atoms with E-state index in [-0.39, 0.29) is 72.0 Å². The molecule has 1 aliphatic carbocycles. The van der Waals surface area contributed by atoms with Crippen LogP contribution in [0.5, 0.6) is 0 Å². The van der Waals surface area contributed by atoms with Gasteiger partial charge in [-0.2, -0.15) is 0 Å². The van der Waals surface area contributed by atoms with Crippen molar-refractivity contribution in [1.82, 2.24) is 20.2 Å². The lowest BCUT2D eigenvalue weighted by atomic mass is 9.82. The summed E-state index contributed by atoms with van der Waals surface area (Å²) < 4.78 is 0. The van der Waals surface area contributed by atoms with Gasteiger partial charge in [0.05, 0.1) is 12.2 Å². The Bertz CT molecular complexity index is 1560. The Balaban J connectivity index is 1.50. The predicted octanol–water partition coefficient (Wildman–Crippen LogP) is 5.57. The van der Waals surface area contributed by atoms with Crippen LogP contribution in [0.15, 0.2) is 61.1 Å². The average molecular weight is 685 g/mol. The van der Waals surface area contributed by atoms with Crippen LogP contribution in [-0.4, -0.2) is 68.4 Å². The molecule has 50 heavy (non-hydrogen) atoms. The molecule has 0 spiro atoms. The maximum atomic E-state index is 14.3. The number of fused-ring (bicyclic) bond motifs is 1. The van der Waals surface area contributed by atoms with E-state index in [0.29, 0.717) is 25.8 Å². The number of allylic oxidation sites excluding steroid dienone is 1. The quantitative estimate of drug-likeness (QED) is 0.122. The molecule has 7 atom stereocenters. The van der Waals surface area contributed by atoms with E-state index in [9.17, 15) is 28.8 Å². The number of carbonyl (C=O) groups is 6. The Labute approximate surface area is 295 Å². The van der Waals surface area contributed by atoms with E-state index in [1.165, 1.54) is 18.6 Å². The minimum Gasteiger partial charge on any atom is -0.344 e. The first-order valence-corrected chi connectivity index (χ1v) is 18.0. The largest absolute Gasteiger partial charge is 0.344 e. The van der Waals surface area contributed by atoms with Gasteiger partial charge in [-0.1, -0.05) is 90.4 Å². The molecule has 10 heteroatoms. The Kier molecular flexibility index (Phi) is 13.5. The van der Waals surface area contributed by atoms with Gasteiger partial charge < -0.3 is 10.2 Å². The number of Topliss-reactive ketones (excluding diaryl/α,β-unsaturated/α-hetero) is 4. The number of rotatable bonds is 18. The molecule has 2 heterocycles. The van der Waals surface area contributed by atoms with Gasteiger partial charge in [-0.3, -0.25) is 33.8 Å². The maximum Gasteiger partial charge on any atom is 0.246 e. The van der Waals surface area contributed by atoms with Crippen molar-refractivity contribution in [3.05, 3.63) is 72.3 Å². The number of amides is 2. The lowest BCUT2D eigenvalue weighted by Gasteiger charge is -2.33. The van der Waals surface area contributed by atoms with E-state index in [2.05, 4.69) is 15.3 Å². The second-order valence-corrected chi connectivity index (χ2v) is 14.7. The Hall–Kier alpha value is -4.34. The summed E-state index contributed by atoms with van der Waals surface area (Å²) in [5, 5.41) is 2.94. The Morgan fingerprint density at radius 2 is 1.64 bits per heavy atom. The smallest absolute Gasteiger partial charge is 0.246 e. The van der Waals surface area contributed by atoms with E-state index in [0.717, 1.165) is 5.56 Å². The van der Waals surface area contributed by atoms with E-state index in [1.54, 1.807) is 4.90 Å². The van der Waals surface area contributed by atoms with E-state index >= 15 is 0 Å². The van der Waals surface area contributed by atoms with Gasteiger partial charge in [-0.25, -0.2) is 4.98 Å². The summed E-state index contributed by atoms with van der Waals surface area (Å²) in [5.41, 5.74) is 1.15. The molecule has 0 radical (unpaired) electrons. The fourth-order valence-corrected chi connectivity index (χ4v) is 7.37. The van der Waals surface area contributed by atoms with Gasteiger partial charge in [-0.05, 0) is 48.0 Å². The molecule has 1 saturated heterocycles. The summed E-state index contributed by atoms with van der Waals surface area (Å²) in [7, 11) is 0. The van der Waals surface area contributed by atoms with Crippen molar-refractivity contribution < 1.29 is 28.8 Å². The lowest BCUT2D eigenvalue weighted by molar-refractivity contribution is -0.144. The average Bonchev–Trinajstić information content (AvgIpc) is 3.71. The summed E-state index contributed by atoms with van der Waals surface area (Å²) in [4.78, 5) is 91.6. The standard InChI is InChI=1S/C40H52N4O6/c1-7-12-28(38(48)35(47)19-26(6)27-13-9-8-10-14-27)20-34(46)37-30-16-11-15-29(30)23-44(37)40(50)36(25(4)5)43-39(49)31(24(2)3)21-33(45)32-22-41-17-18-42-32/h8-11,13-15,17-18,22,24-26,28-31,36-37H,7,12,16,19-21,23H2,1-6H3,(H,43,49)/t26-,28?,29+,30+,31-,36+,37+/m1/s1. The lowest BCUT2D eigenvalue weighted by Crippen LogP contribution is -2.56. The molecule has 0 saturated carbocycles. The number of likely N-dealkylation sites (tertiary alicyclic amines) is 1. The molecule has 1 aromatic heterocycles. The summed E-state index contributed by atoms with van der Waals surface area (Å²) in [6.45, 7) is 11.5. The highest BCUT2D eigenvalue weighted by atomic mass is 16.2. The zero-order valence-electron chi connectivity index (χ0n) is 30.2. The third-order valence-electron chi connectivity index (χ3n) is 10.3. The summed E-state index contributed by atoms with van der Waals surface area (Å²) in [5.74, 6) is -4.57. The van der Waals surface area contributed by atoms with Crippen LogP contribution >= 0.6 is 0 Å². The third kappa shape index (κ3) is 9.25. The first-order chi connectivity index (χ1) is 23.8. The molecule has 4 rings (SSSR count). The number of ketones is 4. The molecule has 1 aliphatic heterocycles. The van der Waals surface area contributed by atoms with Crippen LogP contribution in [0.2, 0.25) is 0 Å². The fraction of sp³-hybridized carbons (Fsp3) is 0.550. The van der Waals surface area contributed by atoms with Gasteiger partial charge in [0.1, 0.15) is 11.7 Å². The first-order valence-electron chi connectivity index (χ1n) is 18.0. The summed E-state index contributed by atoms with van der Waals surface area (Å²) in [6, 6.07) is 7.87. The normalized spacial score (nSPS) is 20.6. The van der Waals surface area contributed by atoms with Gasteiger partial charge in [0.2, 0.25) is 17.6 Å². The van der Waals surface area contributed by atoms with Crippen LogP contribution < -0.4 is 5.32 Å². The molecule has 2 aliphatic rings. The molecule has 0 bridgehead atoms. The minimum atomic E-state index is -0.928. The van der Waals surface area contributed by atoms with Crippen LogP contribution in [0.1, 0.15) is 102 Å². The molecule has 1 N–H and O–H groups in total. The van der Waals surface area contributed by atoms with Crippen molar-refractivity contribution in [3.63, 3.8) is 0 Å². The first kappa shape index (κ1) is 38.5. The van der Waals surface area contributed by atoms with Gasteiger partial charge in [0, 0.05) is 50.0 Å². The molecular formula is C40H52N4O6. The Morgan fingerprint density at radius 3 is 2.26 bits per heavy atom. The summed E-state index contributed by atoms with van der Waals surface area (Å²) in [6.07, 6.45) is 9.85. The van der Waals surface area contributed by atoms with Gasteiger partial charge >= 0.3 is 0 Å². The van der Waals surface area contributed by atoms with Crippen LogP contribution in [0.4, 0.5) is 0 Å². The zero-order valence-corrected chi connectivity index (χ0v) is 30.2. The maximum absolute atomic E-state index is 14.3. The highest BCUT2D eigenvalue weighted by molar-refractivity contribution is 6.38. The van der Waals surface area contributed by atoms with Crippen molar-refractivity contribution in [2.24, 2.45) is 35.5 Å². The predicted molar refractivity (Wildman–Crippen MR) is 190 cm³/mol. The monoisotopic (exact) mass is 684 g/mol. The molecule has 1 fully saturated rings. The van der Waals surface area contributed by atoms with Crippen LogP contribution in [0.25, 0.3) is 0 Å². The number of nitrogens with zero attached hydrogens (tertiary/aromatic N) is 3. The summed E-state index contributed by atoms with van der Waals surface area (Å²) >= 11 is 0. The highest BCUT2D eigenvalue weighted by Gasteiger charge is 2.50. The topological polar surface area (TPSA) is 143 Å². The molecule has 268 valence electrons. The SMILES string of the molecule is CCCC(CC(=O)[C@@H]1[C@H]2CC=C[C@H]2CN1C(=O)[C@@H](NC(=O)[C@H](CC(=O)c1cnccn1)C(C)C)C(C)C)C(=O)C(=O)C[C@@H](C)c1ccccc1. The van der Waals surface area contributed by atoms with E-state index in [1.807, 2.05) is 84.0 Å². The van der Waals surface area contributed by atoms with Crippen molar-refractivity contribution in [1.29, 1.82) is 0 Å². The van der Waals surface area contributed by atoms with Crippen LogP contribution in [0, 0.1) is 35.5 Å². The van der Waals surface area contributed by atoms with E-state index < -0.39 is 41.4 Å². The molecular weight excluding hydrogens is 632 g/mol. The highest BCUT2D eigenvalue weighted by Crippen LogP contribution is 2.40. The number of nitrogens with one attached hydrogen (secondary N) is 1. The third-order valence-corrected chi connectivity index (χ3v) is 10.3. The van der Waals surface area contributed by atoms with E-state index in [4.69, 9.17) is 0 Å². The van der Waals surface area contributed by atoms with Gasteiger partial charge in [-0.15, -0.1) is 0 Å². The molecule has 2 aromatic rings. The molecule has 1 unspecified atom stereocenters. The molecule has 2 amide bonds. The Morgan fingerprint density at radius 1 is 0.920 bits per heavy atom. The number of aromatic nitrogens is 2. The fourth-order valence-electron chi connectivity index (χ4n) is 7.37. The minimum absolute atomic E-state index is 0.0156. The van der Waals surface area contributed by atoms with Crippen molar-refractivity contribution >= 4 is 34.9 Å². The molecule has 1 aromatic carbocycles. The van der Waals surface area contributed by atoms with Crippen molar-refractivity contribution in [2.45, 2.75) is 98.1 Å². The van der Waals surface area contributed by atoms with Gasteiger partial charge in [0.25, 0.3) is 0 Å².